The third kappa shape index (κ3) is 7.04. The quantitative estimate of drug-likeness (QED) is 0.389. The van der Waals surface area contributed by atoms with Gasteiger partial charge in [-0.3, -0.25) is 0 Å². The Labute approximate surface area is 87.5 Å². The third-order valence-corrected chi connectivity index (χ3v) is 1.83. The number of hydrogen-bond acceptors (Lipinski definition) is 0. The van der Waals surface area contributed by atoms with Gasteiger partial charge in [0.25, 0.3) is 0 Å². The number of allylic oxidation sites excluding steroid dienone is 4. The van der Waals surface area contributed by atoms with Crippen LogP contribution in [0.2, 0.25) is 0 Å². The van der Waals surface area contributed by atoms with Crippen LogP contribution in [0.15, 0.2) is 21.8 Å². The summed E-state index contributed by atoms with van der Waals surface area (Å²) in [5, 5.41) is 0. The van der Waals surface area contributed by atoms with E-state index in [-0.39, 0.29) is 37.2 Å². The molecule has 0 fully saturated rings. The van der Waals surface area contributed by atoms with E-state index in [1.807, 2.05) is 0 Å². The predicted molar refractivity (Wildman–Crippen MR) is 27.6 cm³/mol. The monoisotopic (exact) mass is 290 g/mol. The van der Waals surface area contributed by atoms with E-state index in [1.165, 1.54) is 6.42 Å². The van der Waals surface area contributed by atoms with Crippen LogP contribution >= 0.6 is 0 Å². The van der Waals surface area contributed by atoms with Gasteiger partial charge in [-0.05, 0) is 0 Å². The SMILES string of the molecule is [Cl-].[Cl-].[Cl-].[Sn+3][C]1=CC=CC1. The van der Waals surface area contributed by atoms with Gasteiger partial charge in [-0.25, -0.2) is 0 Å². The van der Waals surface area contributed by atoms with Gasteiger partial charge in [0.1, 0.15) is 0 Å². The van der Waals surface area contributed by atoms with Gasteiger partial charge in [0.2, 0.25) is 0 Å². The number of halogens is 3. The Morgan fingerprint density at radius 2 is 1.78 bits per heavy atom. The van der Waals surface area contributed by atoms with Crippen molar-refractivity contribution >= 4 is 22.5 Å². The second-order valence-electron chi connectivity index (χ2n) is 1.32. The van der Waals surface area contributed by atoms with E-state index in [9.17, 15) is 0 Å². The summed E-state index contributed by atoms with van der Waals surface area (Å²) in [5.41, 5.74) is 0. The molecular weight excluding hydrogens is 285 g/mol. The van der Waals surface area contributed by atoms with Crippen molar-refractivity contribution in [2.45, 2.75) is 6.42 Å². The van der Waals surface area contributed by atoms with Crippen LogP contribution in [0.25, 0.3) is 0 Å². The van der Waals surface area contributed by atoms with Gasteiger partial charge < -0.3 is 37.2 Å². The van der Waals surface area contributed by atoms with Gasteiger partial charge in [-0.15, -0.1) is 0 Å². The zero-order valence-corrected chi connectivity index (χ0v) is 9.69. The number of hydrogen-bond donors (Lipinski definition) is 0. The van der Waals surface area contributed by atoms with Gasteiger partial charge in [0.05, 0.1) is 0 Å². The molecule has 0 atom stereocenters. The van der Waals surface area contributed by atoms with Crippen molar-refractivity contribution in [2.75, 3.05) is 0 Å². The molecule has 0 bridgehead atoms. The summed E-state index contributed by atoms with van der Waals surface area (Å²) < 4.78 is 1.56. The van der Waals surface area contributed by atoms with Crippen LogP contribution in [0.5, 0.6) is 0 Å². The summed E-state index contributed by atoms with van der Waals surface area (Å²) in [6.07, 6.45) is 7.69. The van der Waals surface area contributed by atoms with Crippen LogP contribution in [0, 0.1) is 0 Å². The topological polar surface area (TPSA) is 0 Å². The first-order chi connectivity index (χ1) is 2.89. The van der Waals surface area contributed by atoms with Crippen molar-refractivity contribution in [1.29, 1.82) is 0 Å². The minimum atomic E-state index is 0. The zero-order chi connectivity index (χ0) is 4.41. The van der Waals surface area contributed by atoms with E-state index in [4.69, 9.17) is 0 Å². The normalized spacial score (nSPS) is 12.4. The van der Waals surface area contributed by atoms with E-state index in [1.54, 1.807) is 26.1 Å². The molecule has 1 rings (SSSR count). The van der Waals surface area contributed by atoms with Gasteiger partial charge in [0.15, 0.2) is 0 Å². The van der Waals surface area contributed by atoms with Crippen LogP contribution in [-0.2, 0) is 0 Å². The molecule has 0 aromatic rings. The molecule has 0 N–H and O–H groups in total. The molecule has 0 nitrogen and oxygen atoms in total. The molecule has 1 aliphatic rings. The summed E-state index contributed by atoms with van der Waals surface area (Å²) in [6, 6.07) is 0. The Hall–Kier alpha value is 1.15. The molecule has 4 heteroatoms. The van der Waals surface area contributed by atoms with E-state index in [2.05, 4.69) is 18.2 Å². The molecule has 0 aromatic heterocycles. The molecule has 0 aliphatic heterocycles. The Kier molecular flexibility index (Phi) is 16.9. The van der Waals surface area contributed by atoms with E-state index < -0.39 is 0 Å². The minimum absolute atomic E-state index is 0. The first kappa shape index (κ1) is 16.6. The van der Waals surface area contributed by atoms with E-state index >= 15 is 0 Å². The average Bonchev–Trinajstić information content (AvgIpc) is 1.86. The second-order valence-corrected chi connectivity index (χ2v) is 3.16. The molecule has 0 saturated heterocycles. The molecule has 0 heterocycles. The van der Waals surface area contributed by atoms with Gasteiger partial charge in [-0.2, -0.15) is 0 Å². The van der Waals surface area contributed by atoms with Crippen molar-refractivity contribution in [1.82, 2.24) is 0 Å². The van der Waals surface area contributed by atoms with Gasteiger partial charge >= 0.3 is 50.8 Å². The molecule has 1 aliphatic carbocycles. The molecule has 0 unspecified atom stereocenters. The second kappa shape index (κ2) is 9.15. The molecule has 0 spiro atoms. The Bertz CT molecular complexity index is 109. The molecule has 9 heavy (non-hydrogen) atoms. The molecule has 50 valence electrons. The van der Waals surface area contributed by atoms with Crippen LogP contribution in [0.1, 0.15) is 6.42 Å². The first-order valence-electron chi connectivity index (χ1n) is 1.97. The average molecular weight is 290 g/mol. The van der Waals surface area contributed by atoms with Gasteiger partial charge in [-0.1, -0.05) is 0 Å². The fraction of sp³-hybridized carbons (Fsp3) is 0.200. The summed E-state index contributed by atoms with van der Waals surface area (Å²) in [6.45, 7) is 0. The summed E-state index contributed by atoms with van der Waals surface area (Å²) in [7, 11) is 0. The third-order valence-electron chi connectivity index (χ3n) is 0.771. The molecule has 0 radical (unpaired) electrons. The molecule has 0 amide bonds. The van der Waals surface area contributed by atoms with Crippen molar-refractivity contribution in [3.63, 3.8) is 0 Å². The Morgan fingerprint density at radius 3 is 1.89 bits per heavy atom. The van der Waals surface area contributed by atoms with Crippen molar-refractivity contribution in [3.8, 4) is 0 Å². The maximum absolute atomic E-state index is 2.18. The van der Waals surface area contributed by atoms with E-state index in [0.717, 1.165) is 0 Å². The molecular formula is C5H5Cl3Sn. The molecule has 0 aromatic carbocycles. The van der Waals surface area contributed by atoms with Crippen LogP contribution in [0.3, 0.4) is 0 Å². The van der Waals surface area contributed by atoms with Gasteiger partial charge in [0, 0.05) is 0 Å². The molecule has 0 saturated carbocycles. The zero-order valence-electron chi connectivity index (χ0n) is 4.57. The summed E-state index contributed by atoms with van der Waals surface area (Å²) >= 11 is 1.56. The maximum atomic E-state index is 2.18. The first-order valence-corrected chi connectivity index (χ1v) is 3.39. The number of rotatable bonds is 0. The Balaban J connectivity index is -0.000000120. The van der Waals surface area contributed by atoms with Crippen molar-refractivity contribution < 1.29 is 37.2 Å². The van der Waals surface area contributed by atoms with Crippen LogP contribution in [0.4, 0.5) is 0 Å². The predicted octanol–water partition coefficient (Wildman–Crippen LogP) is -7.99. The standard InChI is InChI=1S/C5H5.3ClH.Sn/c1-2-4-5-3-1;;;;/h1-3H,4H2;3*1H;/q;;;;+3/p-3. The summed E-state index contributed by atoms with van der Waals surface area (Å²) in [5.74, 6) is 0. The summed E-state index contributed by atoms with van der Waals surface area (Å²) in [4.78, 5) is 0. The van der Waals surface area contributed by atoms with Crippen LogP contribution < -0.4 is 37.2 Å². The van der Waals surface area contributed by atoms with Crippen molar-refractivity contribution in [2.24, 2.45) is 0 Å². The van der Waals surface area contributed by atoms with E-state index in [0.29, 0.717) is 0 Å². The van der Waals surface area contributed by atoms with Crippen LogP contribution in [-0.4, -0.2) is 22.5 Å². The fourth-order valence-electron chi connectivity index (χ4n) is 0.447. The Morgan fingerprint density at radius 1 is 1.22 bits per heavy atom. The van der Waals surface area contributed by atoms with Crippen molar-refractivity contribution in [3.05, 3.63) is 21.8 Å². The fourth-order valence-corrected chi connectivity index (χ4v) is 1.06.